The Morgan fingerprint density at radius 2 is 2.26 bits per heavy atom. The summed E-state index contributed by atoms with van der Waals surface area (Å²) >= 11 is 0. The van der Waals surface area contributed by atoms with Gasteiger partial charge in [0.05, 0.1) is 5.69 Å². The maximum Gasteiger partial charge on any atom is 0.205 e. The fourth-order valence-electron chi connectivity index (χ4n) is 2.88. The molecule has 0 aliphatic carbocycles. The highest BCUT2D eigenvalue weighted by molar-refractivity contribution is 5.35. The first-order valence-electron chi connectivity index (χ1n) is 7.59. The summed E-state index contributed by atoms with van der Waals surface area (Å²) < 4.78 is 2.35. The fourth-order valence-corrected chi connectivity index (χ4v) is 2.88. The van der Waals surface area contributed by atoms with Crippen molar-refractivity contribution < 1.29 is 0 Å². The van der Waals surface area contributed by atoms with Crippen molar-refractivity contribution in [1.82, 2.24) is 14.9 Å². The first-order valence-corrected chi connectivity index (χ1v) is 7.59. The molecule has 1 unspecified atom stereocenters. The van der Waals surface area contributed by atoms with E-state index in [2.05, 4.69) is 41.8 Å². The highest BCUT2D eigenvalue weighted by atomic mass is 15.3. The Kier molecular flexibility index (Phi) is 4.86. The Balaban J connectivity index is 2.12. The fraction of sp³-hybridized carbons (Fsp3) is 0.800. The van der Waals surface area contributed by atoms with Gasteiger partial charge in [-0.2, -0.15) is 0 Å². The lowest BCUT2D eigenvalue weighted by molar-refractivity contribution is 0.517. The zero-order chi connectivity index (χ0) is 13.8. The van der Waals surface area contributed by atoms with E-state index in [-0.39, 0.29) is 0 Å². The molecule has 1 fully saturated rings. The molecule has 1 atom stereocenters. The molecule has 0 radical (unpaired) electrons. The van der Waals surface area contributed by atoms with Crippen LogP contribution in [0.25, 0.3) is 0 Å². The lowest BCUT2D eigenvalue weighted by Crippen LogP contribution is -2.26. The van der Waals surface area contributed by atoms with Gasteiger partial charge in [-0.15, -0.1) is 0 Å². The van der Waals surface area contributed by atoms with Crippen molar-refractivity contribution >= 4 is 5.95 Å². The summed E-state index contributed by atoms with van der Waals surface area (Å²) in [6, 6.07) is 0. The Morgan fingerprint density at radius 1 is 1.47 bits per heavy atom. The predicted molar refractivity (Wildman–Crippen MR) is 80.7 cm³/mol. The molecule has 4 heteroatoms. The van der Waals surface area contributed by atoms with E-state index in [0.717, 1.165) is 38.5 Å². The molecule has 19 heavy (non-hydrogen) atoms. The molecule has 0 saturated carbocycles. The topological polar surface area (TPSA) is 33.1 Å². The van der Waals surface area contributed by atoms with Crippen LogP contribution in [-0.2, 0) is 13.0 Å². The van der Waals surface area contributed by atoms with Crippen molar-refractivity contribution in [3.05, 3.63) is 11.9 Å². The minimum absolute atomic E-state index is 0.661. The Labute approximate surface area is 117 Å². The van der Waals surface area contributed by atoms with Gasteiger partial charge in [-0.25, -0.2) is 4.98 Å². The van der Waals surface area contributed by atoms with Crippen LogP contribution in [0.5, 0.6) is 0 Å². The first kappa shape index (κ1) is 14.4. The Bertz CT molecular complexity index is 397. The first-order chi connectivity index (χ1) is 9.13. The number of aromatic nitrogens is 2. The summed E-state index contributed by atoms with van der Waals surface area (Å²) in [5.74, 6) is 2.61. The number of imidazole rings is 1. The number of hydrogen-bond donors (Lipinski definition) is 1. The largest absolute Gasteiger partial charge is 0.342 e. The SMILES string of the molecule is CCc1cn(CC(C)C)c(N2CCC(CNC)C2)n1. The molecule has 108 valence electrons. The van der Waals surface area contributed by atoms with Crippen molar-refractivity contribution in [3.63, 3.8) is 0 Å². The number of hydrogen-bond acceptors (Lipinski definition) is 3. The third-order valence-electron chi connectivity index (χ3n) is 3.79. The molecule has 0 amide bonds. The van der Waals surface area contributed by atoms with E-state index in [1.807, 2.05) is 7.05 Å². The van der Waals surface area contributed by atoms with Crippen LogP contribution < -0.4 is 10.2 Å². The zero-order valence-corrected chi connectivity index (χ0v) is 12.8. The monoisotopic (exact) mass is 264 g/mol. The predicted octanol–water partition coefficient (Wildman–Crippen LogP) is 2.15. The number of nitrogens with zero attached hydrogens (tertiary/aromatic N) is 3. The summed E-state index contributed by atoms with van der Waals surface area (Å²) in [6.45, 7) is 11.2. The summed E-state index contributed by atoms with van der Waals surface area (Å²) in [4.78, 5) is 7.29. The van der Waals surface area contributed by atoms with Crippen molar-refractivity contribution in [2.24, 2.45) is 11.8 Å². The maximum absolute atomic E-state index is 4.83. The van der Waals surface area contributed by atoms with Gasteiger partial charge in [0, 0.05) is 25.8 Å². The van der Waals surface area contributed by atoms with Crippen molar-refractivity contribution in [2.45, 2.75) is 40.2 Å². The molecule has 2 heterocycles. The molecular weight excluding hydrogens is 236 g/mol. The van der Waals surface area contributed by atoms with Crippen LogP contribution >= 0.6 is 0 Å². The number of nitrogens with one attached hydrogen (secondary N) is 1. The molecule has 1 N–H and O–H groups in total. The molecule has 1 saturated heterocycles. The minimum Gasteiger partial charge on any atom is -0.342 e. The second kappa shape index (κ2) is 6.42. The molecule has 2 rings (SSSR count). The molecular formula is C15H28N4. The van der Waals surface area contributed by atoms with Crippen LogP contribution in [0.15, 0.2) is 6.20 Å². The van der Waals surface area contributed by atoms with Gasteiger partial charge in [0.25, 0.3) is 0 Å². The van der Waals surface area contributed by atoms with E-state index < -0.39 is 0 Å². The summed E-state index contributed by atoms with van der Waals surface area (Å²) in [5, 5.41) is 3.29. The van der Waals surface area contributed by atoms with Crippen LogP contribution in [0.2, 0.25) is 0 Å². The summed E-state index contributed by atoms with van der Waals surface area (Å²) in [7, 11) is 2.04. The second-order valence-electron chi connectivity index (χ2n) is 6.09. The average molecular weight is 264 g/mol. The lowest BCUT2D eigenvalue weighted by Gasteiger charge is -2.20. The van der Waals surface area contributed by atoms with Gasteiger partial charge in [-0.05, 0) is 38.3 Å². The van der Waals surface area contributed by atoms with Gasteiger partial charge >= 0.3 is 0 Å². The van der Waals surface area contributed by atoms with E-state index in [0.29, 0.717) is 5.92 Å². The normalized spacial score (nSPS) is 19.6. The van der Waals surface area contributed by atoms with Gasteiger partial charge in [0.2, 0.25) is 5.95 Å². The minimum atomic E-state index is 0.661. The average Bonchev–Trinajstić information content (AvgIpc) is 2.95. The van der Waals surface area contributed by atoms with Crippen LogP contribution in [0.1, 0.15) is 32.9 Å². The van der Waals surface area contributed by atoms with Crippen LogP contribution in [-0.4, -0.2) is 36.2 Å². The third-order valence-corrected chi connectivity index (χ3v) is 3.79. The Morgan fingerprint density at radius 3 is 2.89 bits per heavy atom. The summed E-state index contributed by atoms with van der Waals surface area (Å²) in [6.07, 6.45) is 4.53. The zero-order valence-electron chi connectivity index (χ0n) is 12.8. The van der Waals surface area contributed by atoms with Crippen molar-refractivity contribution in [2.75, 3.05) is 31.6 Å². The quantitative estimate of drug-likeness (QED) is 0.854. The van der Waals surface area contributed by atoms with Gasteiger partial charge in [-0.1, -0.05) is 20.8 Å². The van der Waals surface area contributed by atoms with Gasteiger partial charge in [0.15, 0.2) is 0 Å². The molecule has 1 aliphatic heterocycles. The number of anilines is 1. The van der Waals surface area contributed by atoms with Gasteiger partial charge in [0.1, 0.15) is 0 Å². The number of rotatable bonds is 6. The van der Waals surface area contributed by atoms with Crippen molar-refractivity contribution in [1.29, 1.82) is 0 Å². The van der Waals surface area contributed by atoms with Gasteiger partial charge in [-0.3, -0.25) is 0 Å². The molecule has 1 aliphatic rings. The lowest BCUT2D eigenvalue weighted by atomic mass is 10.1. The van der Waals surface area contributed by atoms with E-state index >= 15 is 0 Å². The third kappa shape index (κ3) is 3.50. The molecule has 0 spiro atoms. The molecule has 1 aromatic rings. The highest BCUT2D eigenvalue weighted by Crippen LogP contribution is 2.24. The van der Waals surface area contributed by atoms with Crippen LogP contribution in [0, 0.1) is 11.8 Å². The van der Waals surface area contributed by atoms with E-state index in [1.165, 1.54) is 18.1 Å². The van der Waals surface area contributed by atoms with Crippen LogP contribution in [0.4, 0.5) is 5.95 Å². The highest BCUT2D eigenvalue weighted by Gasteiger charge is 2.25. The van der Waals surface area contributed by atoms with E-state index in [1.54, 1.807) is 0 Å². The summed E-state index contributed by atoms with van der Waals surface area (Å²) in [5.41, 5.74) is 1.22. The van der Waals surface area contributed by atoms with Crippen LogP contribution in [0.3, 0.4) is 0 Å². The molecule has 0 aromatic carbocycles. The maximum atomic E-state index is 4.83. The Hall–Kier alpha value is -1.03. The number of aryl methyl sites for hydroxylation is 1. The van der Waals surface area contributed by atoms with E-state index in [9.17, 15) is 0 Å². The van der Waals surface area contributed by atoms with Gasteiger partial charge < -0.3 is 14.8 Å². The van der Waals surface area contributed by atoms with E-state index in [4.69, 9.17) is 4.98 Å². The smallest absolute Gasteiger partial charge is 0.205 e. The molecule has 0 bridgehead atoms. The second-order valence-corrected chi connectivity index (χ2v) is 6.09. The van der Waals surface area contributed by atoms with Crippen molar-refractivity contribution in [3.8, 4) is 0 Å². The molecule has 4 nitrogen and oxygen atoms in total. The standard InChI is InChI=1S/C15H28N4/c1-5-14-11-19(9-12(2)3)15(17-14)18-7-6-13(10-18)8-16-4/h11-13,16H,5-10H2,1-4H3. The molecule has 1 aromatic heterocycles.